The summed E-state index contributed by atoms with van der Waals surface area (Å²) in [5, 5.41) is 0. The molecule has 2 nitrogen and oxygen atoms in total. The maximum absolute atomic E-state index is 2.66. The Balaban J connectivity index is 2.50. The summed E-state index contributed by atoms with van der Waals surface area (Å²) in [6.07, 6.45) is 5.50. The first-order valence-corrected chi connectivity index (χ1v) is 6.04. The van der Waals surface area contributed by atoms with Crippen LogP contribution in [0, 0.1) is 5.92 Å². The van der Waals surface area contributed by atoms with Gasteiger partial charge in [0, 0.05) is 6.04 Å². The zero-order chi connectivity index (χ0) is 10.6. The molecule has 1 rings (SSSR count). The van der Waals surface area contributed by atoms with Crippen molar-refractivity contribution in [2.75, 3.05) is 27.3 Å². The predicted molar refractivity (Wildman–Crippen MR) is 62.4 cm³/mol. The Morgan fingerprint density at radius 2 is 2.07 bits per heavy atom. The standard InChI is InChI=1S/C12H26N2/c1-5-7-12-11(2)8-6-9-14(12)10-13(3)4/h11-12H,5-10H2,1-4H3. The van der Waals surface area contributed by atoms with Crippen LogP contribution < -0.4 is 0 Å². The minimum absolute atomic E-state index is 0.830. The molecule has 2 unspecified atom stereocenters. The molecule has 0 saturated carbocycles. The molecule has 84 valence electrons. The second-order valence-corrected chi connectivity index (χ2v) is 5.01. The zero-order valence-electron chi connectivity index (χ0n) is 10.3. The van der Waals surface area contributed by atoms with Gasteiger partial charge in [-0.05, 0) is 45.8 Å². The summed E-state index contributed by atoms with van der Waals surface area (Å²) in [4.78, 5) is 4.96. The van der Waals surface area contributed by atoms with E-state index in [9.17, 15) is 0 Å². The van der Waals surface area contributed by atoms with Gasteiger partial charge in [-0.1, -0.05) is 20.3 Å². The molecular weight excluding hydrogens is 172 g/mol. The van der Waals surface area contributed by atoms with E-state index in [1.165, 1.54) is 32.2 Å². The minimum Gasteiger partial charge on any atom is -0.297 e. The normalized spacial score (nSPS) is 29.8. The number of nitrogens with zero attached hydrogens (tertiary/aromatic N) is 2. The van der Waals surface area contributed by atoms with Crippen LogP contribution in [0.15, 0.2) is 0 Å². The van der Waals surface area contributed by atoms with Crippen LogP contribution in [-0.2, 0) is 0 Å². The lowest BCUT2D eigenvalue weighted by molar-refractivity contribution is 0.0528. The molecule has 1 saturated heterocycles. The Labute approximate surface area is 89.3 Å². The van der Waals surface area contributed by atoms with E-state index >= 15 is 0 Å². The van der Waals surface area contributed by atoms with Gasteiger partial charge in [-0.25, -0.2) is 0 Å². The number of rotatable bonds is 4. The highest BCUT2D eigenvalue weighted by Crippen LogP contribution is 2.26. The Morgan fingerprint density at radius 1 is 1.36 bits per heavy atom. The van der Waals surface area contributed by atoms with Gasteiger partial charge >= 0.3 is 0 Å². The fourth-order valence-electron chi connectivity index (χ4n) is 2.64. The maximum Gasteiger partial charge on any atom is 0.0503 e. The van der Waals surface area contributed by atoms with Crippen LogP contribution >= 0.6 is 0 Å². The molecule has 0 bridgehead atoms. The largest absolute Gasteiger partial charge is 0.297 e. The summed E-state index contributed by atoms with van der Waals surface area (Å²) in [6.45, 7) is 7.15. The van der Waals surface area contributed by atoms with Gasteiger partial charge in [0.15, 0.2) is 0 Å². The van der Waals surface area contributed by atoms with Crippen molar-refractivity contribution in [3.63, 3.8) is 0 Å². The summed E-state index contributed by atoms with van der Waals surface area (Å²) in [7, 11) is 4.34. The Kier molecular flexibility index (Phi) is 4.90. The molecule has 14 heavy (non-hydrogen) atoms. The van der Waals surface area contributed by atoms with Crippen molar-refractivity contribution in [3.8, 4) is 0 Å². The third-order valence-electron chi connectivity index (χ3n) is 3.28. The first-order chi connectivity index (χ1) is 6.65. The molecule has 0 aromatic heterocycles. The van der Waals surface area contributed by atoms with E-state index in [0.29, 0.717) is 0 Å². The molecule has 1 aliphatic rings. The predicted octanol–water partition coefficient (Wildman–Crippen LogP) is 2.41. The SMILES string of the molecule is CCCC1C(C)CCCN1CN(C)C. The fourth-order valence-corrected chi connectivity index (χ4v) is 2.64. The molecule has 0 N–H and O–H groups in total. The van der Waals surface area contributed by atoms with E-state index in [-0.39, 0.29) is 0 Å². The number of piperidine rings is 1. The Bertz CT molecular complexity index is 156. The van der Waals surface area contributed by atoms with E-state index < -0.39 is 0 Å². The number of hydrogen-bond donors (Lipinski definition) is 0. The monoisotopic (exact) mass is 198 g/mol. The summed E-state index contributed by atoms with van der Waals surface area (Å²) >= 11 is 0. The molecule has 1 heterocycles. The van der Waals surface area contributed by atoms with E-state index in [4.69, 9.17) is 0 Å². The van der Waals surface area contributed by atoms with E-state index in [0.717, 1.165) is 18.6 Å². The minimum atomic E-state index is 0.830. The van der Waals surface area contributed by atoms with E-state index in [1.807, 2.05) is 0 Å². The van der Waals surface area contributed by atoms with Crippen LogP contribution in [0.2, 0.25) is 0 Å². The van der Waals surface area contributed by atoms with Gasteiger partial charge < -0.3 is 0 Å². The lowest BCUT2D eigenvalue weighted by atomic mass is 9.88. The third kappa shape index (κ3) is 3.25. The number of hydrogen-bond acceptors (Lipinski definition) is 2. The van der Waals surface area contributed by atoms with Gasteiger partial charge in [-0.2, -0.15) is 0 Å². The molecule has 0 radical (unpaired) electrons. The van der Waals surface area contributed by atoms with Crippen molar-refractivity contribution in [1.82, 2.24) is 9.80 Å². The summed E-state index contributed by atoms with van der Waals surface area (Å²) < 4.78 is 0. The first kappa shape index (κ1) is 12.0. The van der Waals surface area contributed by atoms with Gasteiger partial charge in [-0.15, -0.1) is 0 Å². The second kappa shape index (κ2) is 5.72. The van der Waals surface area contributed by atoms with Gasteiger partial charge in [0.25, 0.3) is 0 Å². The van der Waals surface area contributed by atoms with Gasteiger partial charge in [0.2, 0.25) is 0 Å². The van der Waals surface area contributed by atoms with E-state index in [2.05, 4.69) is 37.7 Å². The Hall–Kier alpha value is -0.0800. The first-order valence-electron chi connectivity index (χ1n) is 6.04. The molecule has 1 aliphatic heterocycles. The molecule has 0 spiro atoms. The zero-order valence-corrected chi connectivity index (χ0v) is 10.3. The van der Waals surface area contributed by atoms with Gasteiger partial charge in [0.05, 0.1) is 6.67 Å². The Morgan fingerprint density at radius 3 is 2.64 bits per heavy atom. The average Bonchev–Trinajstić information content (AvgIpc) is 2.10. The summed E-state index contributed by atoms with van der Waals surface area (Å²) in [5.74, 6) is 0.892. The molecule has 1 fully saturated rings. The topological polar surface area (TPSA) is 6.48 Å². The summed E-state index contributed by atoms with van der Waals surface area (Å²) in [6, 6.07) is 0.830. The molecule has 0 amide bonds. The van der Waals surface area contributed by atoms with Crippen LogP contribution in [-0.4, -0.2) is 43.2 Å². The van der Waals surface area contributed by atoms with Crippen molar-refractivity contribution in [1.29, 1.82) is 0 Å². The molecule has 2 atom stereocenters. The highest BCUT2D eigenvalue weighted by Gasteiger charge is 2.27. The van der Waals surface area contributed by atoms with Crippen LogP contribution in [0.3, 0.4) is 0 Å². The lowest BCUT2D eigenvalue weighted by Crippen LogP contribution is -2.47. The number of likely N-dealkylation sites (tertiary alicyclic amines) is 1. The van der Waals surface area contributed by atoms with Crippen molar-refractivity contribution in [2.45, 2.75) is 45.6 Å². The van der Waals surface area contributed by atoms with Crippen molar-refractivity contribution in [3.05, 3.63) is 0 Å². The molecule has 0 aromatic carbocycles. The molecule has 0 aromatic rings. The van der Waals surface area contributed by atoms with Crippen LogP contribution in [0.4, 0.5) is 0 Å². The molecular formula is C12H26N2. The highest BCUT2D eigenvalue weighted by molar-refractivity contribution is 4.81. The highest BCUT2D eigenvalue weighted by atomic mass is 15.3. The van der Waals surface area contributed by atoms with Crippen LogP contribution in [0.1, 0.15) is 39.5 Å². The third-order valence-corrected chi connectivity index (χ3v) is 3.28. The van der Waals surface area contributed by atoms with Crippen LogP contribution in [0.5, 0.6) is 0 Å². The van der Waals surface area contributed by atoms with Crippen molar-refractivity contribution >= 4 is 0 Å². The fraction of sp³-hybridized carbons (Fsp3) is 1.00. The second-order valence-electron chi connectivity index (χ2n) is 5.01. The van der Waals surface area contributed by atoms with Crippen molar-refractivity contribution in [2.24, 2.45) is 5.92 Å². The van der Waals surface area contributed by atoms with Crippen LogP contribution in [0.25, 0.3) is 0 Å². The molecule has 0 aliphatic carbocycles. The smallest absolute Gasteiger partial charge is 0.0503 e. The van der Waals surface area contributed by atoms with E-state index in [1.54, 1.807) is 0 Å². The quantitative estimate of drug-likeness (QED) is 0.684. The summed E-state index contributed by atoms with van der Waals surface area (Å²) in [5.41, 5.74) is 0. The van der Waals surface area contributed by atoms with Gasteiger partial charge in [0.1, 0.15) is 0 Å². The lowest BCUT2D eigenvalue weighted by Gasteiger charge is -2.41. The van der Waals surface area contributed by atoms with Gasteiger partial charge in [-0.3, -0.25) is 9.80 Å². The maximum atomic E-state index is 2.66. The molecule has 2 heteroatoms. The average molecular weight is 198 g/mol. The van der Waals surface area contributed by atoms with Crippen molar-refractivity contribution < 1.29 is 0 Å².